The van der Waals surface area contributed by atoms with Crippen molar-refractivity contribution in [1.29, 1.82) is 0 Å². The van der Waals surface area contributed by atoms with E-state index in [-0.39, 0.29) is 12.0 Å². The van der Waals surface area contributed by atoms with Crippen molar-refractivity contribution in [3.05, 3.63) is 23.7 Å². The highest BCUT2D eigenvalue weighted by atomic mass is 16.5. The summed E-state index contributed by atoms with van der Waals surface area (Å²) in [4.78, 5) is 13.9. The van der Waals surface area contributed by atoms with E-state index < -0.39 is 0 Å². The van der Waals surface area contributed by atoms with E-state index in [0.717, 1.165) is 12.2 Å². The topological polar surface area (TPSA) is 54.7 Å². The lowest BCUT2D eigenvalue weighted by Crippen LogP contribution is -2.33. The Morgan fingerprint density at radius 2 is 2.16 bits per heavy atom. The quantitative estimate of drug-likeness (QED) is 0.782. The Morgan fingerprint density at radius 3 is 2.74 bits per heavy atom. The largest absolute Gasteiger partial charge is 0.455 e. The maximum absolute atomic E-state index is 11.9. The Balaban J connectivity index is 2.46. The molecule has 5 nitrogen and oxygen atoms in total. The van der Waals surface area contributed by atoms with Gasteiger partial charge in [0.15, 0.2) is 5.76 Å². The van der Waals surface area contributed by atoms with Crippen molar-refractivity contribution in [2.45, 2.75) is 32.9 Å². The Labute approximate surface area is 114 Å². The third-order valence-electron chi connectivity index (χ3n) is 2.71. The van der Waals surface area contributed by atoms with Crippen molar-refractivity contribution in [3.63, 3.8) is 0 Å². The fourth-order valence-electron chi connectivity index (χ4n) is 1.75. The highest BCUT2D eigenvalue weighted by Gasteiger charge is 2.13. The van der Waals surface area contributed by atoms with E-state index in [0.29, 0.717) is 25.5 Å². The summed E-state index contributed by atoms with van der Waals surface area (Å²) in [6.07, 6.45) is 0.934. The molecule has 0 spiro atoms. The minimum atomic E-state index is -0.192. The molecular formula is C14H24N2O3. The summed E-state index contributed by atoms with van der Waals surface area (Å²) in [7, 11) is 3.91. The minimum Gasteiger partial charge on any atom is -0.455 e. The van der Waals surface area contributed by atoms with Crippen LogP contribution >= 0.6 is 0 Å². The first-order valence-electron chi connectivity index (χ1n) is 6.70. The number of nitrogens with one attached hydrogen (secondary N) is 1. The Hall–Kier alpha value is -1.33. The molecule has 1 aromatic rings. The van der Waals surface area contributed by atoms with Gasteiger partial charge in [-0.1, -0.05) is 6.92 Å². The number of carbonyl (C=O) groups excluding carboxylic acids is 1. The van der Waals surface area contributed by atoms with Gasteiger partial charge in [-0.15, -0.1) is 0 Å². The van der Waals surface area contributed by atoms with E-state index in [1.165, 1.54) is 0 Å². The van der Waals surface area contributed by atoms with Gasteiger partial charge in [-0.25, -0.2) is 0 Å². The van der Waals surface area contributed by atoms with Crippen molar-refractivity contribution in [3.8, 4) is 0 Å². The highest BCUT2D eigenvalue weighted by molar-refractivity contribution is 5.91. The second kappa shape index (κ2) is 7.96. The maximum Gasteiger partial charge on any atom is 0.287 e. The third-order valence-corrected chi connectivity index (χ3v) is 2.71. The molecule has 0 aliphatic carbocycles. The average Bonchev–Trinajstić information content (AvgIpc) is 2.81. The van der Waals surface area contributed by atoms with Gasteiger partial charge in [0.2, 0.25) is 0 Å². The zero-order chi connectivity index (χ0) is 14.3. The van der Waals surface area contributed by atoms with Crippen molar-refractivity contribution in [1.82, 2.24) is 10.2 Å². The standard InChI is InChI=1S/C14H24N2O3/c1-5-11(18-6-2)9-15-14(17)13-8-7-12(19-13)10-16(3)4/h7-8,11H,5-6,9-10H2,1-4H3,(H,15,17). The van der Waals surface area contributed by atoms with Crippen LogP contribution in [-0.4, -0.2) is 44.2 Å². The lowest BCUT2D eigenvalue weighted by molar-refractivity contribution is 0.0562. The van der Waals surface area contributed by atoms with Crippen molar-refractivity contribution < 1.29 is 13.9 Å². The summed E-state index contributed by atoms with van der Waals surface area (Å²) in [5.41, 5.74) is 0. The molecule has 0 bridgehead atoms. The van der Waals surface area contributed by atoms with Gasteiger partial charge in [-0.3, -0.25) is 4.79 Å². The van der Waals surface area contributed by atoms with E-state index in [1.807, 2.05) is 38.9 Å². The normalized spacial score (nSPS) is 12.7. The van der Waals surface area contributed by atoms with Gasteiger partial charge in [-0.2, -0.15) is 0 Å². The third kappa shape index (κ3) is 5.44. The average molecular weight is 268 g/mol. The summed E-state index contributed by atoms with van der Waals surface area (Å²) >= 11 is 0. The first-order chi connectivity index (χ1) is 9.06. The number of ether oxygens (including phenoxy) is 1. The van der Waals surface area contributed by atoms with Crippen LogP contribution in [-0.2, 0) is 11.3 Å². The van der Waals surface area contributed by atoms with Gasteiger partial charge >= 0.3 is 0 Å². The molecule has 1 heterocycles. The molecule has 0 saturated carbocycles. The molecule has 0 saturated heterocycles. The van der Waals surface area contributed by atoms with Crippen LogP contribution in [0.1, 0.15) is 36.6 Å². The van der Waals surface area contributed by atoms with E-state index in [2.05, 4.69) is 5.32 Å². The summed E-state index contributed by atoms with van der Waals surface area (Å²) in [5, 5.41) is 2.83. The molecule has 0 aromatic carbocycles. The molecule has 0 aliphatic heterocycles. The second-order valence-corrected chi connectivity index (χ2v) is 4.70. The van der Waals surface area contributed by atoms with E-state index in [9.17, 15) is 4.79 Å². The van der Waals surface area contributed by atoms with Gasteiger partial charge in [0, 0.05) is 13.2 Å². The molecule has 19 heavy (non-hydrogen) atoms. The molecule has 0 fully saturated rings. The van der Waals surface area contributed by atoms with E-state index in [4.69, 9.17) is 9.15 Å². The van der Waals surface area contributed by atoms with Crippen LogP contribution in [0.25, 0.3) is 0 Å². The first kappa shape index (κ1) is 15.7. The van der Waals surface area contributed by atoms with Crippen molar-refractivity contribution >= 4 is 5.91 Å². The summed E-state index contributed by atoms with van der Waals surface area (Å²) in [6, 6.07) is 3.53. The molecule has 1 amide bonds. The van der Waals surface area contributed by atoms with Gasteiger partial charge < -0.3 is 19.4 Å². The number of furan rings is 1. The minimum absolute atomic E-state index is 0.0603. The fraction of sp³-hybridized carbons (Fsp3) is 0.643. The molecule has 0 aliphatic rings. The molecular weight excluding hydrogens is 244 g/mol. The zero-order valence-corrected chi connectivity index (χ0v) is 12.2. The predicted octanol–water partition coefficient (Wildman–Crippen LogP) is 1.89. The number of hydrogen-bond acceptors (Lipinski definition) is 4. The Kier molecular flexibility index (Phi) is 6.59. The number of carbonyl (C=O) groups is 1. The van der Waals surface area contributed by atoms with E-state index >= 15 is 0 Å². The number of amides is 1. The first-order valence-corrected chi connectivity index (χ1v) is 6.70. The predicted molar refractivity (Wildman–Crippen MR) is 74.1 cm³/mol. The SMILES string of the molecule is CCOC(CC)CNC(=O)c1ccc(CN(C)C)o1. The van der Waals surface area contributed by atoms with Gasteiger partial charge in [0.05, 0.1) is 12.6 Å². The number of hydrogen-bond donors (Lipinski definition) is 1. The van der Waals surface area contributed by atoms with Crippen LogP contribution in [0.5, 0.6) is 0 Å². The van der Waals surface area contributed by atoms with Crippen LogP contribution in [0.3, 0.4) is 0 Å². The molecule has 5 heteroatoms. The highest BCUT2D eigenvalue weighted by Crippen LogP contribution is 2.09. The number of nitrogens with zero attached hydrogens (tertiary/aromatic N) is 1. The molecule has 1 rings (SSSR count). The van der Waals surface area contributed by atoms with E-state index in [1.54, 1.807) is 6.07 Å². The lowest BCUT2D eigenvalue weighted by atomic mass is 10.2. The van der Waals surface area contributed by atoms with Crippen LogP contribution in [0.2, 0.25) is 0 Å². The summed E-state index contributed by atoms with van der Waals surface area (Å²) < 4.78 is 11.0. The molecule has 1 aromatic heterocycles. The molecule has 1 atom stereocenters. The van der Waals surface area contributed by atoms with Crippen molar-refractivity contribution in [2.24, 2.45) is 0 Å². The monoisotopic (exact) mass is 268 g/mol. The smallest absolute Gasteiger partial charge is 0.287 e. The number of rotatable bonds is 8. The molecule has 0 radical (unpaired) electrons. The van der Waals surface area contributed by atoms with Gasteiger partial charge in [-0.05, 0) is 39.6 Å². The van der Waals surface area contributed by atoms with Crippen molar-refractivity contribution in [2.75, 3.05) is 27.2 Å². The molecule has 1 unspecified atom stereocenters. The van der Waals surface area contributed by atoms with Crippen LogP contribution in [0.15, 0.2) is 16.5 Å². The fourth-order valence-corrected chi connectivity index (χ4v) is 1.75. The summed E-state index contributed by atoms with van der Waals surface area (Å²) in [6.45, 7) is 5.83. The lowest BCUT2D eigenvalue weighted by Gasteiger charge is -2.15. The van der Waals surface area contributed by atoms with Gasteiger partial charge in [0.1, 0.15) is 5.76 Å². The second-order valence-electron chi connectivity index (χ2n) is 4.70. The summed E-state index contributed by atoms with van der Waals surface area (Å²) in [5.74, 6) is 0.943. The van der Waals surface area contributed by atoms with Crippen LogP contribution in [0, 0.1) is 0 Å². The van der Waals surface area contributed by atoms with Crippen LogP contribution in [0.4, 0.5) is 0 Å². The zero-order valence-electron chi connectivity index (χ0n) is 12.2. The maximum atomic E-state index is 11.9. The Morgan fingerprint density at radius 1 is 1.42 bits per heavy atom. The Bertz CT molecular complexity index is 388. The van der Waals surface area contributed by atoms with Crippen LogP contribution < -0.4 is 5.32 Å². The molecule has 108 valence electrons. The molecule has 1 N–H and O–H groups in total. The van der Waals surface area contributed by atoms with Gasteiger partial charge in [0.25, 0.3) is 5.91 Å².